The predicted octanol–water partition coefficient (Wildman–Crippen LogP) is 0.985. The van der Waals surface area contributed by atoms with Crippen LogP contribution in [0.2, 0.25) is 0 Å². The molecule has 0 aromatic heterocycles. The summed E-state index contributed by atoms with van der Waals surface area (Å²) in [6.45, 7) is 4.78. The van der Waals surface area contributed by atoms with Gasteiger partial charge >= 0.3 is 0 Å². The van der Waals surface area contributed by atoms with Gasteiger partial charge in [0, 0.05) is 25.6 Å². The first-order valence-electron chi connectivity index (χ1n) is 8.41. The molecule has 24 heavy (non-hydrogen) atoms. The van der Waals surface area contributed by atoms with Gasteiger partial charge in [0.05, 0.1) is 46.2 Å². The number of carbonyl (C=O) groups excluding carboxylic acids is 2. The Morgan fingerprint density at radius 3 is 2.17 bits per heavy atom. The zero-order valence-corrected chi connectivity index (χ0v) is 15.4. The van der Waals surface area contributed by atoms with Crippen LogP contribution >= 0.6 is 11.8 Å². The zero-order valence-electron chi connectivity index (χ0n) is 14.6. The Kier molecular flexibility index (Phi) is 18.1. The molecule has 0 heterocycles. The highest BCUT2D eigenvalue weighted by molar-refractivity contribution is 8.13. The molecular formula is C16H31NO6S. The van der Waals surface area contributed by atoms with E-state index in [0.717, 1.165) is 25.0 Å². The van der Waals surface area contributed by atoms with Gasteiger partial charge in [-0.05, 0) is 12.8 Å². The predicted molar refractivity (Wildman–Crippen MR) is 94.2 cm³/mol. The monoisotopic (exact) mass is 365 g/mol. The minimum atomic E-state index is 0.0216. The average Bonchev–Trinajstić information content (AvgIpc) is 2.55. The van der Waals surface area contributed by atoms with Crippen molar-refractivity contribution in [3.8, 4) is 0 Å². The Morgan fingerprint density at radius 2 is 1.54 bits per heavy atom. The quantitative estimate of drug-likeness (QED) is 0.371. The smallest absolute Gasteiger partial charge is 0.220 e. The lowest BCUT2D eigenvalue weighted by molar-refractivity contribution is -0.121. The van der Waals surface area contributed by atoms with E-state index in [1.165, 1.54) is 11.8 Å². The molecule has 0 spiro atoms. The van der Waals surface area contributed by atoms with Crippen LogP contribution in [-0.2, 0) is 23.8 Å². The number of aliphatic hydroxyl groups is 1. The summed E-state index contributed by atoms with van der Waals surface area (Å²) in [6.07, 6.45) is 3.29. The van der Waals surface area contributed by atoms with E-state index in [0.29, 0.717) is 52.6 Å². The number of nitrogens with one attached hydrogen (secondary N) is 1. The van der Waals surface area contributed by atoms with Crippen LogP contribution in [0, 0.1) is 0 Å². The third kappa shape index (κ3) is 19.4. The Bertz CT molecular complexity index is 317. The fraction of sp³-hybridized carbons (Fsp3) is 0.875. The van der Waals surface area contributed by atoms with E-state index in [2.05, 4.69) is 5.32 Å². The van der Waals surface area contributed by atoms with Crippen LogP contribution in [0.25, 0.3) is 0 Å². The first-order valence-corrected chi connectivity index (χ1v) is 9.39. The molecule has 0 saturated carbocycles. The molecule has 0 unspecified atom stereocenters. The van der Waals surface area contributed by atoms with Crippen molar-refractivity contribution in [1.82, 2.24) is 5.32 Å². The Morgan fingerprint density at radius 1 is 0.917 bits per heavy atom. The molecule has 8 heteroatoms. The van der Waals surface area contributed by atoms with Gasteiger partial charge in [0.25, 0.3) is 0 Å². The van der Waals surface area contributed by atoms with E-state index in [9.17, 15) is 9.59 Å². The van der Waals surface area contributed by atoms with Crippen molar-refractivity contribution < 1.29 is 28.9 Å². The van der Waals surface area contributed by atoms with Crippen molar-refractivity contribution in [2.45, 2.75) is 32.6 Å². The standard InChI is InChI=1S/C16H31NO6S/c1-15(19)24-14-4-2-3-5-16(20)17-6-8-21-10-12-23-13-11-22-9-7-18/h18H,2-14H2,1H3,(H,17,20). The molecule has 0 saturated heterocycles. The van der Waals surface area contributed by atoms with Gasteiger partial charge in [0.15, 0.2) is 5.12 Å². The van der Waals surface area contributed by atoms with Gasteiger partial charge in [-0.1, -0.05) is 18.2 Å². The number of unbranched alkanes of at least 4 members (excludes halogenated alkanes) is 2. The maximum atomic E-state index is 11.6. The Labute approximate surface area is 148 Å². The minimum absolute atomic E-state index is 0.0216. The van der Waals surface area contributed by atoms with Gasteiger partial charge in [-0.2, -0.15) is 0 Å². The number of aliphatic hydroxyl groups excluding tert-OH is 1. The Hall–Kier alpha value is -0.670. The summed E-state index contributed by atoms with van der Waals surface area (Å²) in [5.74, 6) is 0.871. The highest BCUT2D eigenvalue weighted by Gasteiger charge is 2.01. The van der Waals surface area contributed by atoms with Gasteiger partial charge in [-0.15, -0.1) is 0 Å². The molecule has 7 nitrogen and oxygen atoms in total. The third-order valence-corrected chi connectivity index (χ3v) is 3.80. The number of ether oxygens (including phenoxy) is 3. The zero-order chi connectivity index (χ0) is 17.9. The highest BCUT2D eigenvalue weighted by atomic mass is 32.2. The van der Waals surface area contributed by atoms with Crippen LogP contribution in [0.4, 0.5) is 0 Å². The molecular weight excluding hydrogens is 334 g/mol. The lowest BCUT2D eigenvalue weighted by atomic mass is 10.2. The topological polar surface area (TPSA) is 94.1 Å². The van der Waals surface area contributed by atoms with E-state index in [1.807, 2.05) is 0 Å². The van der Waals surface area contributed by atoms with Crippen molar-refractivity contribution in [2.24, 2.45) is 0 Å². The second-order valence-electron chi connectivity index (χ2n) is 5.06. The number of hydrogen-bond acceptors (Lipinski definition) is 7. The van der Waals surface area contributed by atoms with Crippen LogP contribution in [0.5, 0.6) is 0 Å². The largest absolute Gasteiger partial charge is 0.394 e. The molecule has 0 aliphatic rings. The number of amides is 1. The fourth-order valence-electron chi connectivity index (χ4n) is 1.74. The van der Waals surface area contributed by atoms with Gasteiger partial charge < -0.3 is 24.6 Å². The first kappa shape index (κ1) is 23.3. The van der Waals surface area contributed by atoms with E-state index in [-0.39, 0.29) is 17.6 Å². The van der Waals surface area contributed by atoms with Crippen LogP contribution in [0.3, 0.4) is 0 Å². The summed E-state index contributed by atoms with van der Waals surface area (Å²) >= 11 is 1.34. The first-order chi connectivity index (χ1) is 11.7. The fourth-order valence-corrected chi connectivity index (χ4v) is 2.37. The summed E-state index contributed by atoms with van der Waals surface area (Å²) in [7, 11) is 0. The van der Waals surface area contributed by atoms with Crippen LogP contribution < -0.4 is 5.32 Å². The lowest BCUT2D eigenvalue weighted by Gasteiger charge is -2.07. The van der Waals surface area contributed by atoms with Gasteiger partial charge in [0.2, 0.25) is 5.91 Å². The number of rotatable bonds is 17. The second-order valence-corrected chi connectivity index (χ2v) is 6.33. The molecule has 0 rings (SSSR count). The van der Waals surface area contributed by atoms with E-state index in [4.69, 9.17) is 19.3 Å². The molecule has 0 bridgehead atoms. The normalized spacial score (nSPS) is 10.8. The average molecular weight is 365 g/mol. The molecule has 0 atom stereocenters. The second kappa shape index (κ2) is 18.7. The van der Waals surface area contributed by atoms with E-state index < -0.39 is 0 Å². The summed E-state index contributed by atoms with van der Waals surface area (Å²) in [5, 5.41) is 11.5. The summed E-state index contributed by atoms with van der Waals surface area (Å²) in [6, 6.07) is 0. The highest BCUT2D eigenvalue weighted by Crippen LogP contribution is 2.08. The van der Waals surface area contributed by atoms with Gasteiger partial charge in [-0.25, -0.2) is 0 Å². The molecule has 0 aliphatic carbocycles. The van der Waals surface area contributed by atoms with Crippen LogP contribution in [-0.4, -0.2) is 74.7 Å². The van der Waals surface area contributed by atoms with E-state index >= 15 is 0 Å². The van der Waals surface area contributed by atoms with Crippen molar-refractivity contribution in [3.05, 3.63) is 0 Å². The van der Waals surface area contributed by atoms with Crippen molar-refractivity contribution >= 4 is 22.8 Å². The molecule has 0 aromatic carbocycles. The van der Waals surface area contributed by atoms with Crippen LogP contribution in [0.1, 0.15) is 32.6 Å². The van der Waals surface area contributed by atoms with E-state index in [1.54, 1.807) is 6.92 Å². The Balaban J connectivity index is 3.16. The molecule has 0 aliphatic heterocycles. The van der Waals surface area contributed by atoms with Crippen LogP contribution in [0.15, 0.2) is 0 Å². The van der Waals surface area contributed by atoms with Gasteiger partial charge in [0.1, 0.15) is 0 Å². The molecule has 0 fully saturated rings. The summed E-state index contributed by atoms with van der Waals surface area (Å²) in [5.41, 5.74) is 0. The number of carbonyl (C=O) groups is 2. The number of thioether (sulfide) groups is 1. The molecule has 1 amide bonds. The van der Waals surface area contributed by atoms with Crippen molar-refractivity contribution in [3.63, 3.8) is 0 Å². The summed E-state index contributed by atoms with van der Waals surface area (Å²) in [4.78, 5) is 22.3. The molecule has 0 radical (unpaired) electrons. The summed E-state index contributed by atoms with van der Waals surface area (Å²) < 4.78 is 15.6. The third-order valence-electron chi connectivity index (χ3n) is 2.90. The minimum Gasteiger partial charge on any atom is -0.394 e. The molecule has 2 N–H and O–H groups in total. The van der Waals surface area contributed by atoms with Gasteiger partial charge in [-0.3, -0.25) is 9.59 Å². The maximum absolute atomic E-state index is 11.6. The number of hydrogen-bond donors (Lipinski definition) is 2. The SMILES string of the molecule is CC(=O)SCCCCCC(=O)NCCOCCOCCOCCO. The van der Waals surface area contributed by atoms with Crippen molar-refractivity contribution in [1.29, 1.82) is 0 Å². The molecule has 0 aromatic rings. The maximum Gasteiger partial charge on any atom is 0.220 e. The molecule has 142 valence electrons. The lowest BCUT2D eigenvalue weighted by Crippen LogP contribution is -2.27. The van der Waals surface area contributed by atoms with Crippen molar-refractivity contribution in [2.75, 3.05) is 58.5 Å².